The summed E-state index contributed by atoms with van der Waals surface area (Å²) in [5.74, 6) is -0.769. The number of halogens is 1. The van der Waals surface area contributed by atoms with Gasteiger partial charge in [0, 0.05) is 6.20 Å². The number of aromatic nitrogens is 2. The minimum absolute atomic E-state index is 0.304. The summed E-state index contributed by atoms with van der Waals surface area (Å²) in [6.45, 7) is 0.309. The van der Waals surface area contributed by atoms with Crippen LogP contribution in [0.3, 0.4) is 0 Å². The first-order valence-electron chi connectivity index (χ1n) is 5.43. The van der Waals surface area contributed by atoms with Crippen LogP contribution in [-0.2, 0) is 6.54 Å². The van der Waals surface area contributed by atoms with Crippen molar-refractivity contribution in [3.05, 3.63) is 64.5 Å². The van der Waals surface area contributed by atoms with Crippen molar-refractivity contribution in [2.24, 2.45) is 0 Å². The molecule has 0 spiro atoms. The normalized spacial score (nSPS) is 10.9. The Kier molecular flexibility index (Phi) is 2.44. The van der Waals surface area contributed by atoms with E-state index in [1.165, 1.54) is 16.7 Å². The number of rotatable bonds is 2. The van der Waals surface area contributed by atoms with Crippen LogP contribution in [0.25, 0.3) is 11.2 Å². The molecule has 3 rings (SSSR count). The van der Waals surface area contributed by atoms with E-state index in [1.54, 1.807) is 30.5 Å². The van der Waals surface area contributed by atoms with E-state index in [2.05, 4.69) is 4.98 Å². The van der Waals surface area contributed by atoms with E-state index in [-0.39, 0.29) is 5.82 Å². The summed E-state index contributed by atoms with van der Waals surface area (Å²) in [6, 6.07) is 9.36. The Morgan fingerprint density at radius 1 is 1.22 bits per heavy atom. The van der Waals surface area contributed by atoms with Gasteiger partial charge in [-0.1, -0.05) is 12.1 Å². The minimum atomic E-state index is -0.465. The van der Waals surface area contributed by atoms with Crippen LogP contribution in [0.15, 0.2) is 51.8 Å². The van der Waals surface area contributed by atoms with Crippen molar-refractivity contribution in [3.8, 4) is 0 Å². The molecule has 0 amide bonds. The van der Waals surface area contributed by atoms with E-state index >= 15 is 0 Å². The maximum Gasteiger partial charge on any atom is 0.421 e. The van der Waals surface area contributed by atoms with Crippen LogP contribution in [0.2, 0.25) is 0 Å². The van der Waals surface area contributed by atoms with Crippen molar-refractivity contribution in [2.45, 2.75) is 6.54 Å². The Hall–Kier alpha value is -2.43. The predicted octanol–water partition coefficient (Wildman–Crippen LogP) is 2.18. The molecule has 0 aliphatic rings. The second-order valence-electron chi connectivity index (χ2n) is 3.91. The number of hydrogen-bond acceptors (Lipinski definition) is 3. The molecule has 0 fully saturated rings. The standard InChI is InChI=1S/C13H9FN2O2/c14-10-5-3-9(4-6-10)8-16-12-11(18-13(16)17)2-1-7-15-12/h1-7H,8H2. The molecule has 18 heavy (non-hydrogen) atoms. The molecular weight excluding hydrogens is 235 g/mol. The van der Waals surface area contributed by atoms with E-state index in [0.29, 0.717) is 17.8 Å². The lowest BCUT2D eigenvalue weighted by Gasteiger charge is -2.01. The average molecular weight is 244 g/mol. The van der Waals surface area contributed by atoms with Crippen LogP contribution in [0.1, 0.15) is 5.56 Å². The Bertz CT molecular complexity index is 744. The maximum absolute atomic E-state index is 12.8. The van der Waals surface area contributed by atoms with Gasteiger partial charge in [0.15, 0.2) is 11.2 Å². The quantitative estimate of drug-likeness (QED) is 0.694. The van der Waals surface area contributed by atoms with Crippen molar-refractivity contribution in [3.63, 3.8) is 0 Å². The van der Waals surface area contributed by atoms with Gasteiger partial charge < -0.3 is 4.42 Å². The summed E-state index contributed by atoms with van der Waals surface area (Å²) < 4.78 is 19.3. The summed E-state index contributed by atoms with van der Waals surface area (Å²) in [4.78, 5) is 15.8. The fraction of sp³-hybridized carbons (Fsp3) is 0.0769. The van der Waals surface area contributed by atoms with Gasteiger partial charge in [-0.3, -0.25) is 4.57 Å². The predicted molar refractivity (Wildman–Crippen MR) is 63.8 cm³/mol. The SMILES string of the molecule is O=c1oc2cccnc2n1Cc1ccc(F)cc1. The van der Waals surface area contributed by atoms with Crippen molar-refractivity contribution < 1.29 is 8.81 Å². The van der Waals surface area contributed by atoms with Crippen molar-refractivity contribution in [1.82, 2.24) is 9.55 Å². The minimum Gasteiger partial charge on any atom is -0.406 e. The summed E-state index contributed by atoms with van der Waals surface area (Å²) >= 11 is 0. The average Bonchev–Trinajstić information content (AvgIpc) is 2.69. The smallest absolute Gasteiger partial charge is 0.406 e. The van der Waals surface area contributed by atoms with Crippen LogP contribution >= 0.6 is 0 Å². The van der Waals surface area contributed by atoms with Gasteiger partial charge in [-0.25, -0.2) is 14.2 Å². The molecule has 2 aromatic heterocycles. The number of pyridine rings is 1. The van der Waals surface area contributed by atoms with Crippen LogP contribution in [-0.4, -0.2) is 9.55 Å². The van der Waals surface area contributed by atoms with Gasteiger partial charge in [-0.2, -0.15) is 0 Å². The summed E-state index contributed by atoms with van der Waals surface area (Å²) in [6.07, 6.45) is 1.60. The van der Waals surface area contributed by atoms with Crippen molar-refractivity contribution in [2.75, 3.05) is 0 Å². The van der Waals surface area contributed by atoms with Gasteiger partial charge >= 0.3 is 5.76 Å². The van der Waals surface area contributed by atoms with Gasteiger partial charge in [0.05, 0.1) is 6.54 Å². The summed E-state index contributed by atoms with van der Waals surface area (Å²) in [5.41, 5.74) is 1.75. The number of oxazole rings is 1. The molecule has 2 heterocycles. The van der Waals surface area contributed by atoms with Crippen molar-refractivity contribution >= 4 is 11.2 Å². The molecule has 0 atom stereocenters. The molecule has 0 radical (unpaired) electrons. The fourth-order valence-corrected chi connectivity index (χ4v) is 1.81. The highest BCUT2D eigenvalue weighted by atomic mass is 19.1. The fourth-order valence-electron chi connectivity index (χ4n) is 1.81. The maximum atomic E-state index is 12.8. The van der Waals surface area contributed by atoms with Gasteiger partial charge in [-0.05, 0) is 29.8 Å². The van der Waals surface area contributed by atoms with E-state index in [4.69, 9.17) is 4.42 Å². The third-order valence-electron chi connectivity index (χ3n) is 2.68. The van der Waals surface area contributed by atoms with E-state index in [0.717, 1.165) is 5.56 Å². The highest BCUT2D eigenvalue weighted by Crippen LogP contribution is 2.11. The van der Waals surface area contributed by atoms with E-state index in [9.17, 15) is 9.18 Å². The second-order valence-corrected chi connectivity index (χ2v) is 3.91. The molecular formula is C13H9FN2O2. The lowest BCUT2D eigenvalue weighted by atomic mass is 10.2. The largest absolute Gasteiger partial charge is 0.421 e. The Morgan fingerprint density at radius 3 is 2.78 bits per heavy atom. The third kappa shape index (κ3) is 1.79. The number of benzene rings is 1. The summed E-state index contributed by atoms with van der Waals surface area (Å²) in [5, 5.41) is 0. The van der Waals surface area contributed by atoms with Crippen molar-refractivity contribution in [1.29, 1.82) is 0 Å². The van der Waals surface area contributed by atoms with Crippen LogP contribution in [0.5, 0.6) is 0 Å². The van der Waals surface area contributed by atoms with Gasteiger partial charge in [0.1, 0.15) is 5.82 Å². The summed E-state index contributed by atoms with van der Waals surface area (Å²) in [7, 11) is 0. The number of fused-ring (bicyclic) bond motifs is 1. The topological polar surface area (TPSA) is 48.0 Å². The van der Waals surface area contributed by atoms with Gasteiger partial charge in [0.2, 0.25) is 0 Å². The first-order chi connectivity index (χ1) is 8.74. The Labute approximate surface area is 101 Å². The first kappa shape index (κ1) is 10.7. The molecule has 4 nitrogen and oxygen atoms in total. The molecule has 0 aliphatic carbocycles. The van der Waals surface area contributed by atoms with Gasteiger partial charge in [-0.15, -0.1) is 0 Å². The highest BCUT2D eigenvalue weighted by Gasteiger charge is 2.09. The molecule has 5 heteroatoms. The van der Waals surface area contributed by atoms with Crippen LogP contribution < -0.4 is 5.76 Å². The van der Waals surface area contributed by atoms with Gasteiger partial charge in [0.25, 0.3) is 0 Å². The molecule has 90 valence electrons. The Balaban J connectivity index is 2.07. The lowest BCUT2D eigenvalue weighted by molar-refractivity contribution is 0.517. The molecule has 0 N–H and O–H groups in total. The zero-order valence-corrected chi connectivity index (χ0v) is 9.34. The van der Waals surface area contributed by atoms with Crippen LogP contribution in [0.4, 0.5) is 4.39 Å². The molecule has 3 aromatic rings. The molecule has 1 aromatic carbocycles. The Morgan fingerprint density at radius 2 is 2.00 bits per heavy atom. The molecule has 0 saturated carbocycles. The number of hydrogen-bond donors (Lipinski definition) is 0. The molecule has 0 unspecified atom stereocenters. The molecule has 0 aliphatic heterocycles. The monoisotopic (exact) mass is 244 g/mol. The van der Waals surface area contributed by atoms with E-state index < -0.39 is 5.76 Å². The van der Waals surface area contributed by atoms with E-state index in [1.807, 2.05) is 0 Å². The highest BCUT2D eigenvalue weighted by molar-refractivity contribution is 5.67. The molecule has 0 bridgehead atoms. The third-order valence-corrected chi connectivity index (χ3v) is 2.68. The zero-order valence-electron chi connectivity index (χ0n) is 9.34. The first-order valence-corrected chi connectivity index (χ1v) is 5.43. The zero-order chi connectivity index (χ0) is 12.5. The number of nitrogens with zero attached hydrogens (tertiary/aromatic N) is 2. The van der Waals surface area contributed by atoms with Crippen LogP contribution in [0, 0.1) is 5.82 Å². The lowest BCUT2D eigenvalue weighted by Crippen LogP contribution is -2.15. The molecule has 0 saturated heterocycles. The second kappa shape index (κ2) is 4.10.